The maximum absolute atomic E-state index is 13.7. The summed E-state index contributed by atoms with van der Waals surface area (Å²) in [5.74, 6) is 0.199. The molecule has 200 valence electrons. The van der Waals surface area contributed by atoms with E-state index in [2.05, 4.69) is 38.1 Å². The number of carbonyl (C=O) groups excluding carboxylic acids is 1. The van der Waals surface area contributed by atoms with Gasteiger partial charge in [0.15, 0.2) is 0 Å². The lowest BCUT2D eigenvalue weighted by molar-refractivity contribution is 0.0135. The predicted octanol–water partition coefficient (Wildman–Crippen LogP) is 2.68. The number of pyridine rings is 2. The van der Waals surface area contributed by atoms with Crippen LogP contribution in [0.4, 0.5) is 0 Å². The number of H-pyrrole nitrogens is 1. The first-order valence-electron chi connectivity index (χ1n) is 12.8. The van der Waals surface area contributed by atoms with Crippen molar-refractivity contribution in [3.63, 3.8) is 0 Å². The number of ether oxygens (including phenoxy) is 2. The van der Waals surface area contributed by atoms with Gasteiger partial charge in [0.05, 0.1) is 43.1 Å². The van der Waals surface area contributed by atoms with E-state index in [4.69, 9.17) is 9.47 Å². The Labute approximate surface area is 221 Å². The summed E-state index contributed by atoms with van der Waals surface area (Å²) in [5, 5.41) is 10.7. The number of rotatable bonds is 7. The third-order valence-corrected chi connectivity index (χ3v) is 7.42. The Bertz CT molecular complexity index is 1540. The molecule has 10 heteroatoms. The number of morpholine rings is 1. The highest BCUT2D eigenvalue weighted by Gasteiger charge is 2.28. The van der Waals surface area contributed by atoms with E-state index in [9.17, 15) is 9.59 Å². The van der Waals surface area contributed by atoms with Gasteiger partial charge in [0, 0.05) is 61.0 Å². The Balaban J connectivity index is 1.58. The summed E-state index contributed by atoms with van der Waals surface area (Å²) in [4.78, 5) is 29.0. The molecule has 4 aromatic heterocycles. The van der Waals surface area contributed by atoms with Crippen molar-refractivity contribution in [1.82, 2.24) is 29.8 Å². The number of nitrogens with one attached hydrogen (secondary N) is 3. The molecule has 0 aliphatic carbocycles. The van der Waals surface area contributed by atoms with Crippen LogP contribution in [0.1, 0.15) is 45.7 Å². The Morgan fingerprint density at radius 3 is 2.82 bits per heavy atom. The lowest BCUT2D eigenvalue weighted by Gasteiger charge is -2.31. The normalized spacial score (nSPS) is 16.5. The number of fused-ring (bicyclic) bond motifs is 1. The van der Waals surface area contributed by atoms with Crippen LogP contribution in [0.5, 0.6) is 5.75 Å². The van der Waals surface area contributed by atoms with Gasteiger partial charge in [-0.2, -0.15) is 5.10 Å². The van der Waals surface area contributed by atoms with Gasteiger partial charge >= 0.3 is 0 Å². The van der Waals surface area contributed by atoms with Crippen molar-refractivity contribution >= 4 is 11.4 Å². The van der Waals surface area contributed by atoms with Crippen LogP contribution in [-0.2, 0) is 18.3 Å². The van der Waals surface area contributed by atoms with Gasteiger partial charge in [0.1, 0.15) is 5.75 Å². The van der Waals surface area contributed by atoms with Crippen LogP contribution >= 0.6 is 0 Å². The van der Waals surface area contributed by atoms with Gasteiger partial charge in [0.2, 0.25) is 0 Å². The smallest absolute Gasteiger partial charge is 0.256 e. The molecule has 38 heavy (non-hydrogen) atoms. The molecular formula is C28H34N6O4. The van der Waals surface area contributed by atoms with Gasteiger partial charge in [-0.15, -0.1) is 0 Å². The maximum Gasteiger partial charge on any atom is 0.256 e. The topological polar surface area (TPSA) is 115 Å². The monoisotopic (exact) mass is 518 g/mol. The average molecular weight is 519 g/mol. The number of hydrogen-bond acceptors (Lipinski definition) is 6. The van der Waals surface area contributed by atoms with Crippen LogP contribution < -0.4 is 20.9 Å². The second kappa shape index (κ2) is 10.5. The zero-order valence-corrected chi connectivity index (χ0v) is 22.4. The quantitative estimate of drug-likeness (QED) is 0.347. The first kappa shape index (κ1) is 25.7. The Morgan fingerprint density at radius 2 is 2.13 bits per heavy atom. The third kappa shape index (κ3) is 4.61. The standard InChI is InChI=1S/C28H34N6O4/c1-16-12-24(37-5)21(28(36)32-16)14-30-27(35)20-13-23-19(22-6-8-31-33(22)4)7-10-34(23)26(17(20)2)18(3)25-15-29-9-11-38-25/h6-8,10,12-13,18,25,29H,9,11,14-15H2,1-5H3,(H,30,35)(H,32,36). The molecule has 0 aromatic carbocycles. The lowest BCUT2D eigenvalue weighted by Crippen LogP contribution is -2.41. The van der Waals surface area contributed by atoms with Crippen LogP contribution in [0.15, 0.2) is 41.5 Å². The van der Waals surface area contributed by atoms with Crippen LogP contribution in [0.25, 0.3) is 16.8 Å². The molecule has 5 rings (SSSR count). The molecular weight excluding hydrogens is 484 g/mol. The molecule has 1 aliphatic heterocycles. The Kier molecular flexibility index (Phi) is 7.09. The zero-order valence-electron chi connectivity index (χ0n) is 22.4. The summed E-state index contributed by atoms with van der Waals surface area (Å²) in [6.07, 6.45) is 3.78. The SMILES string of the molecule is COc1cc(C)[nH]c(=O)c1CNC(=O)c1cc2c(-c3ccnn3C)ccn2c(C(C)C2CNCCO2)c1C. The van der Waals surface area contributed by atoms with Crippen LogP contribution in [0, 0.1) is 13.8 Å². The van der Waals surface area contributed by atoms with E-state index in [-0.39, 0.29) is 30.0 Å². The summed E-state index contributed by atoms with van der Waals surface area (Å²) in [5.41, 5.74) is 6.05. The molecule has 1 amide bonds. The summed E-state index contributed by atoms with van der Waals surface area (Å²) in [7, 11) is 3.41. The highest BCUT2D eigenvalue weighted by Crippen LogP contribution is 2.34. The fourth-order valence-electron chi connectivity index (χ4n) is 5.40. The number of carbonyl (C=O) groups is 1. The minimum absolute atomic E-state index is 0.0184. The molecule has 2 atom stereocenters. The van der Waals surface area contributed by atoms with Crippen LogP contribution in [0.3, 0.4) is 0 Å². The molecule has 2 unspecified atom stereocenters. The van der Waals surface area contributed by atoms with Gasteiger partial charge in [-0.3, -0.25) is 14.3 Å². The summed E-state index contributed by atoms with van der Waals surface area (Å²) >= 11 is 0. The van der Waals surface area contributed by atoms with Crippen molar-refractivity contribution in [3.8, 4) is 17.0 Å². The van der Waals surface area contributed by atoms with E-state index < -0.39 is 0 Å². The number of hydrogen-bond donors (Lipinski definition) is 3. The molecule has 4 aromatic rings. The van der Waals surface area contributed by atoms with Gasteiger partial charge in [0.25, 0.3) is 11.5 Å². The first-order valence-corrected chi connectivity index (χ1v) is 12.8. The molecule has 0 radical (unpaired) electrons. The van der Waals surface area contributed by atoms with E-state index in [1.165, 1.54) is 7.11 Å². The van der Waals surface area contributed by atoms with Crippen LogP contribution in [0.2, 0.25) is 0 Å². The molecule has 1 aliphatic rings. The average Bonchev–Trinajstić information content (AvgIpc) is 3.52. The van der Waals surface area contributed by atoms with E-state index in [1.807, 2.05) is 37.0 Å². The third-order valence-electron chi connectivity index (χ3n) is 7.42. The highest BCUT2D eigenvalue weighted by molar-refractivity contribution is 5.98. The number of nitrogens with zero attached hydrogens (tertiary/aromatic N) is 3. The number of methoxy groups -OCH3 is 1. The fraction of sp³-hybridized carbons (Fsp3) is 0.393. The van der Waals surface area contributed by atoms with Crippen molar-refractivity contribution in [2.45, 2.75) is 39.3 Å². The highest BCUT2D eigenvalue weighted by atomic mass is 16.5. The van der Waals surface area contributed by atoms with Crippen molar-refractivity contribution in [3.05, 3.63) is 75.1 Å². The molecule has 3 N–H and O–H groups in total. The predicted molar refractivity (Wildman–Crippen MR) is 145 cm³/mol. The molecule has 0 spiro atoms. The first-order chi connectivity index (χ1) is 18.3. The zero-order chi connectivity index (χ0) is 27.0. The molecule has 10 nitrogen and oxygen atoms in total. The van der Waals surface area contributed by atoms with Crippen molar-refractivity contribution in [1.29, 1.82) is 0 Å². The number of aromatic amines is 1. The van der Waals surface area contributed by atoms with Gasteiger partial charge in [-0.05, 0) is 43.7 Å². The second-order valence-corrected chi connectivity index (χ2v) is 9.81. The minimum atomic E-state index is -0.282. The van der Waals surface area contributed by atoms with Gasteiger partial charge in [-0.25, -0.2) is 0 Å². The van der Waals surface area contributed by atoms with E-state index >= 15 is 0 Å². The van der Waals surface area contributed by atoms with Gasteiger partial charge in [-0.1, -0.05) is 6.92 Å². The minimum Gasteiger partial charge on any atom is -0.496 e. The molecule has 1 saturated heterocycles. The summed E-state index contributed by atoms with van der Waals surface area (Å²) in [6, 6.07) is 7.68. The lowest BCUT2D eigenvalue weighted by atomic mass is 9.92. The summed E-state index contributed by atoms with van der Waals surface area (Å²) in [6.45, 7) is 8.16. The maximum atomic E-state index is 13.7. The fourth-order valence-corrected chi connectivity index (χ4v) is 5.40. The van der Waals surface area contributed by atoms with Crippen molar-refractivity contribution in [2.24, 2.45) is 7.05 Å². The van der Waals surface area contributed by atoms with Gasteiger partial charge < -0.3 is 29.5 Å². The summed E-state index contributed by atoms with van der Waals surface area (Å²) < 4.78 is 15.5. The number of amides is 1. The van der Waals surface area contributed by atoms with Crippen molar-refractivity contribution in [2.75, 3.05) is 26.8 Å². The van der Waals surface area contributed by atoms with Crippen LogP contribution in [-0.4, -0.2) is 58.0 Å². The van der Waals surface area contributed by atoms with E-state index in [0.717, 1.165) is 41.1 Å². The second-order valence-electron chi connectivity index (χ2n) is 9.81. The molecule has 0 saturated carbocycles. The van der Waals surface area contributed by atoms with Crippen molar-refractivity contribution < 1.29 is 14.3 Å². The van der Waals surface area contributed by atoms with E-state index in [0.29, 0.717) is 29.2 Å². The van der Waals surface area contributed by atoms with E-state index in [1.54, 1.807) is 19.2 Å². The molecule has 5 heterocycles. The Hall–Kier alpha value is -3.89. The number of aromatic nitrogens is 4. The number of aryl methyl sites for hydroxylation is 2. The molecule has 1 fully saturated rings. The largest absolute Gasteiger partial charge is 0.496 e. The Morgan fingerprint density at radius 1 is 1.32 bits per heavy atom. The molecule has 0 bridgehead atoms.